The quantitative estimate of drug-likeness (QED) is 0.438. The molecule has 17 heavy (non-hydrogen) atoms. The maximum absolute atomic E-state index is 5.38. The minimum atomic E-state index is 0.778. The number of rotatable bonds is 1. The van der Waals surface area contributed by atoms with Crippen LogP contribution in [0.1, 0.15) is 69.2 Å². The lowest BCUT2D eigenvalue weighted by Crippen LogP contribution is -1.95. The first kappa shape index (κ1) is 29.8. The highest BCUT2D eigenvalue weighted by Gasteiger charge is 1.82. The average Bonchev–Trinajstić information content (AvgIpc) is 2.44. The second-order valence-corrected chi connectivity index (χ2v) is 2.19. The summed E-state index contributed by atoms with van der Waals surface area (Å²) < 4.78 is 0. The molecule has 0 saturated carbocycles. The molecule has 0 radical (unpaired) electrons. The Morgan fingerprint density at radius 2 is 1.06 bits per heavy atom. The van der Waals surface area contributed by atoms with Gasteiger partial charge in [-0.05, 0) is 33.3 Å². The third-order valence-electron chi connectivity index (χ3n) is 1.14. The molecule has 1 nitrogen and oxygen atoms in total. The van der Waals surface area contributed by atoms with Gasteiger partial charge in [-0.15, -0.1) is 0 Å². The number of hydrogen-bond donors (Lipinski definition) is 1. The van der Waals surface area contributed by atoms with Gasteiger partial charge < -0.3 is 5.73 Å². The molecule has 0 heterocycles. The van der Waals surface area contributed by atoms with E-state index in [-0.39, 0.29) is 0 Å². The normalized spacial score (nSPS) is 8.00. The van der Waals surface area contributed by atoms with Gasteiger partial charge in [-0.3, -0.25) is 0 Å². The minimum Gasteiger partial charge on any atom is -0.399 e. The van der Waals surface area contributed by atoms with Crippen LogP contribution in [0.4, 0.5) is 0 Å². The fourth-order valence-corrected chi connectivity index (χ4v) is 0.246. The van der Waals surface area contributed by atoms with Crippen molar-refractivity contribution in [1.82, 2.24) is 0 Å². The van der Waals surface area contributed by atoms with Gasteiger partial charge in [0, 0.05) is 5.70 Å². The molecular weight excluding hydrogens is 206 g/mol. The van der Waals surface area contributed by atoms with Crippen molar-refractivity contribution in [2.24, 2.45) is 5.73 Å². The third kappa shape index (κ3) is 70.3. The molecule has 0 aromatic carbocycles. The maximum Gasteiger partial charge on any atom is 0.0294 e. The molecule has 1 heteroatoms. The highest BCUT2D eigenvalue weighted by molar-refractivity contribution is 5.21. The van der Waals surface area contributed by atoms with E-state index in [1.807, 2.05) is 87.5 Å². The van der Waals surface area contributed by atoms with E-state index in [0.29, 0.717) is 0 Å². The first-order chi connectivity index (χ1) is 8.09. The molecule has 0 aromatic rings. The molecule has 0 spiro atoms. The Hall–Kier alpha value is -0.980. The molecule has 0 rings (SSSR count). The van der Waals surface area contributed by atoms with Crippen LogP contribution in [0.3, 0.4) is 0 Å². The zero-order valence-electron chi connectivity index (χ0n) is 14.0. The smallest absolute Gasteiger partial charge is 0.0294 e. The highest BCUT2D eigenvalue weighted by atomic mass is 14.6. The van der Waals surface area contributed by atoms with E-state index in [4.69, 9.17) is 5.73 Å². The topological polar surface area (TPSA) is 26.0 Å². The van der Waals surface area contributed by atoms with Crippen LogP contribution in [-0.2, 0) is 0 Å². The Bertz CT molecular complexity index is 149. The van der Waals surface area contributed by atoms with Crippen LogP contribution in [0.25, 0.3) is 0 Å². The standard InChI is InChI=1S/C6H11N.C4H8.3C2H6/c1-4-6(7)5(2)3;1-3-4-2;3*1-2/h4H,2,7H2,1,3H3;3-4H,1-2H3;3*1-2H3/b6-4+;4-3+;;;. The zero-order chi connectivity index (χ0) is 15.3. The fraction of sp³-hybridized carbons (Fsp3) is 0.625. The maximum atomic E-state index is 5.38. The molecule has 0 aliphatic heterocycles. The van der Waals surface area contributed by atoms with Crippen molar-refractivity contribution < 1.29 is 0 Å². The van der Waals surface area contributed by atoms with E-state index < -0.39 is 0 Å². The molecule has 2 N–H and O–H groups in total. The molecule has 106 valence electrons. The van der Waals surface area contributed by atoms with Gasteiger partial charge in [0.15, 0.2) is 0 Å². The molecule has 0 atom stereocenters. The first-order valence-electron chi connectivity index (χ1n) is 6.75. The third-order valence-corrected chi connectivity index (χ3v) is 1.14. The van der Waals surface area contributed by atoms with Crippen molar-refractivity contribution in [2.75, 3.05) is 0 Å². The molecular formula is C16H37N. The van der Waals surface area contributed by atoms with Crippen LogP contribution < -0.4 is 5.73 Å². The monoisotopic (exact) mass is 243 g/mol. The van der Waals surface area contributed by atoms with Gasteiger partial charge >= 0.3 is 0 Å². The van der Waals surface area contributed by atoms with Crippen LogP contribution in [0, 0.1) is 0 Å². The van der Waals surface area contributed by atoms with E-state index in [1.54, 1.807) is 0 Å². The Labute approximate surface area is 112 Å². The minimum absolute atomic E-state index is 0.778. The van der Waals surface area contributed by atoms with E-state index >= 15 is 0 Å². The van der Waals surface area contributed by atoms with Crippen LogP contribution in [0.5, 0.6) is 0 Å². The van der Waals surface area contributed by atoms with Gasteiger partial charge in [0.25, 0.3) is 0 Å². The molecule has 0 bridgehead atoms. The Morgan fingerprint density at radius 3 is 1.06 bits per heavy atom. The zero-order valence-corrected chi connectivity index (χ0v) is 14.0. The fourth-order valence-electron chi connectivity index (χ4n) is 0.246. The Kier molecular flexibility index (Phi) is 80.4. The summed E-state index contributed by atoms with van der Waals surface area (Å²) in [5, 5.41) is 0. The van der Waals surface area contributed by atoms with Gasteiger partial charge in [0.1, 0.15) is 0 Å². The lowest BCUT2D eigenvalue weighted by atomic mass is 10.2. The van der Waals surface area contributed by atoms with Gasteiger partial charge in [-0.1, -0.05) is 66.3 Å². The molecule has 0 amide bonds. The van der Waals surface area contributed by atoms with Gasteiger partial charge in [-0.25, -0.2) is 0 Å². The van der Waals surface area contributed by atoms with Crippen molar-refractivity contribution in [2.45, 2.75) is 69.2 Å². The lowest BCUT2D eigenvalue weighted by molar-refractivity contribution is 1.29. The SMILES string of the molecule is C/C=C/C.C=C(C)/C(N)=C\C.CC.CC.CC. The summed E-state index contributed by atoms with van der Waals surface area (Å²) in [6.07, 6.45) is 5.84. The summed E-state index contributed by atoms with van der Waals surface area (Å²) in [5.74, 6) is 0. The molecule has 0 fully saturated rings. The molecule has 0 aliphatic carbocycles. The number of nitrogens with two attached hydrogens (primary N) is 1. The van der Waals surface area contributed by atoms with Gasteiger partial charge in [0.2, 0.25) is 0 Å². The van der Waals surface area contributed by atoms with Crippen molar-refractivity contribution in [1.29, 1.82) is 0 Å². The van der Waals surface area contributed by atoms with Crippen molar-refractivity contribution in [3.05, 3.63) is 36.1 Å². The van der Waals surface area contributed by atoms with Crippen molar-refractivity contribution >= 4 is 0 Å². The summed E-state index contributed by atoms with van der Waals surface area (Å²) in [7, 11) is 0. The summed E-state index contributed by atoms with van der Waals surface area (Å²) in [4.78, 5) is 0. The lowest BCUT2D eigenvalue weighted by Gasteiger charge is -1.92. The summed E-state index contributed by atoms with van der Waals surface area (Å²) in [6, 6.07) is 0. The van der Waals surface area contributed by atoms with E-state index in [1.165, 1.54) is 0 Å². The Morgan fingerprint density at radius 1 is 0.824 bits per heavy atom. The second-order valence-electron chi connectivity index (χ2n) is 2.19. The average molecular weight is 243 g/mol. The molecule has 0 saturated heterocycles. The number of hydrogen-bond acceptors (Lipinski definition) is 1. The van der Waals surface area contributed by atoms with E-state index in [0.717, 1.165) is 11.3 Å². The van der Waals surface area contributed by atoms with Crippen LogP contribution >= 0.6 is 0 Å². The predicted molar refractivity (Wildman–Crippen MR) is 87.3 cm³/mol. The highest BCUT2D eigenvalue weighted by Crippen LogP contribution is 1.95. The van der Waals surface area contributed by atoms with Gasteiger partial charge in [-0.2, -0.15) is 0 Å². The first-order valence-corrected chi connectivity index (χ1v) is 6.75. The van der Waals surface area contributed by atoms with E-state index in [9.17, 15) is 0 Å². The van der Waals surface area contributed by atoms with E-state index in [2.05, 4.69) is 6.58 Å². The van der Waals surface area contributed by atoms with Crippen LogP contribution in [-0.4, -0.2) is 0 Å². The van der Waals surface area contributed by atoms with Crippen LogP contribution in [0.2, 0.25) is 0 Å². The van der Waals surface area contributed by atoms with Gasteiger partial charge in [0.05, 0.1) is 0 Å². The molecule has 0 aromatic heterocycles. The summed E-state index contributed by atoms with van der Waals surface area (Å²) >= 11 is 0. The van der Waals surface area contributed by atoms with Crippen LogP contribution in [0.15, 0.2) is 36.1 Å². The molecule has 0 aliphatic rings. The summed E-state index contributed by atoms with van der Waals surface area (Å²) in [6.45, 7) is 23.4. The van der Waals surface area contributed by atoms with Crippen molar-refractivity contribution in [3.8, 4) is 0 Å². The largest absolute Gasteiger partial charge is 0.399 e. The van der Waals surface area contributed by atoms with Crippen molar-refractivity contribution in [3.63, 3.8) is 0 Å². The predicted octanol–water partition coefficient (Wildman–Crippen LogP) is 6.09. The molecule has 0 unspecified atom stereocenters. The second kappa shape index (κ2) is 45.9. The Balaban J connectivity index is -0.0000000412. The number of allylic oxidation sites excluding steroid dienone is 4. The summed E-state index contributed by atoms with van der Waals surface area (Å²) in [5.41, 5.74) is 7.09.